The van der Waals surface area contributed by atoms with Crippen molar-refractivity contribution in [1.29, 1.82) is 0 Å². The Morgan fingerprint density at radius 1 is 0.605 bits per heavy atom. The molecule has 0 amide bonds. The minimum Gasteiger partial charge on any atom is -0.457 e. The third kappa shape index (κ3) is 32.7. The van der Waals surface area contributed by atoms with Crippen LogP contribution in [0.2, 0.25) is 0 Å². The summed E-state index contributed by atoms with van der Waals surface area (Å²) in [7, 11) is -4.25. The summed E-state index contributed by atoms with van der Waals surface area (Å²) in [5, 5.41) is 0. The van der Waals surface area contributed by atoms with Gasteiger partial charge in [0.05, 0.1) is 19.8 Å². The second-order valence-electron chi connectivity index (χ2n) is 12.1. The Hall–Kier alpha value is -0.500. The smallest absolute Gasteiger partial charge is 0.457 e. The highest BCUT2D eigenvalue weighted by Crippen LogP contribution is 2.43. The van der Waals surface area contributed by atoms with Crippen molar-refractivity contribution in [1.82, 2.24) is 0 Å². The standard InChI is InChI=1S/C34H70NO7P/c1-3-5-7-9-11-13-14-15-16-17-18-20-22-24-26-29-39-31-33(32-41-43(37,38)40-30-28-35)42-34(36)27-25-23-21-19-12-10-8-6-4-2/h33H,3-32,35H2,1-2H3,(H,37,38). The van der Waals surface area contributed by atoms with Crippen LogP contribution in [0.25, 0.3) is 0 Å². The van der Waals surface area contributed by atoms with Gasteiger partial charge in [-0.2, -0.15) is 0 Å². The maximum Gasteiger partial charge on any atom is 0.472 e. The Balaban J connectivity index is 4.03. The van der Waals surface area contributed by atoms with E-state index in [1.807, 2.05) is 0 Å². The van der Waals surface area contributed by atoms with E-state index < -0.39 is 13.9 Å². The summed E-state index contributed by atoms with van der Waals surface area (Å²) < 4.78 is 33.2. The number of hydrogen-bond acceptors (Lipinski definition) is 7. The van der Waals surface area contributed by atoms with Crippen LogP contribution in [0, 0.1) is 0 Å². The van der Waals surface area contributed by atoms with Crippen LogP contribution in [0.15, 0.2) is 0 Å². The van der Waals surface area contributed by atoms with E-state index in [9.17, 15) is 14.3 Å². The molecule has 43 heavy (non-hydrogen) atoms. The van der Waals surface area contributed by atoms with Crippen molar-refractivity contribution >= 4 is 13.8 Å². The predicted molar refractivity (Wildman–Crippen MR) is 178 cm³/mol. The highest BCUT2D eigenvalue weighted by Gasteiger charge is 2.25. The number of rotatable bonds is 35. The highest BCUT2D eigenvalue weighted by atomic mass is 31.2. The van der Waals surface area contributed by atoms with Crippen molar-refractivity contribution in [2.45, 2.75) is 180 Å². The first-order valence-electron chi connectivity index (χ1n) is 18.0. The first kappa shape index (κ1) is 42.5. The summed E-state index contributed by atoms with van der Waals surface area (Å²) in [6.07, 6.45) is 29.7. The van der Waals surface area contributed by atoms with Gasteiger partial charge in [-0.05, 0) is 12.8 Å². The number of esters is 1. The van der Waals surface area contributed by atoms with Crippen LogP contribution in [0.4, 0.5) is 0 Å². The molecule has 0 radical (unpaired) electrons. The third-order valence-electron chi connectivity index (χ3n) is 7.77. The minimum atomic E-state index is -4.25. The van der Waals surface area contributed by atoms with Crippen LogP contribution in [-0.4, -0.2) is 49.9 Å². The maximum atomic E-state index is 12.4. The first-order valence-corrected chi connectivity index (χ1v) is 19.5. The Morgan fingerprint density at radius 2 is 1.02 bits per heavy atom. The van der Waals surface area contributed by atoms with Crippen LogP contribution in [0.1, 0.15) is 174 Å². The van der Waals surface area contributed by atoms with Gasteiger partial charge in [-0.1, -0.05) is 155 Å². The number of carbonyl (C=O) groups excluding carboxylic acids is 1. The van der Waals surface area contributed by atoms with Gasteiger partial charge in [-0.25, -0.2) is 4.57 Å². The van der Waals surface area contributed by atoms with Crippen LogP contribution < -0.4 is 5.73 Å². The quantitative estimate of drug-likeness (QED) is 0.0401. The van der Waals surface area contributed by atoms with Gasteiger partial charge in [-0.15, -0.1) is 0 Å². The molecule has 0 rings (SSSR count). The number of phosphoric ester groups is 1. The zero-order chi connectivity index (χ0) is 31.7. The van der Waals surface area contributed by atoms with E-state index in [4.69, 9.17) is 24.3 Å². The lowest BCUT2D eigenvalue weighted by atomic mass is 10.0. The molecule has 2 unspecified atom stereocenters. The topological polar surface area (TPSA) is 117 Å². The van der Waals surface area contributed by atoms with Gasteiger partial charge >= 0.3 is 13.8 Å². The number of phosphoric acid groups is 1. The molecule has 0 spiro atoms. The summed E-state index contributed by atoms with van der Waals surface area (Å²) in [6, 6.07) is 0. The number of unbranched alkanes of at least 4 members (excludes halogenated alkanes) is 22. The lowest BCUT2D eigenvalue weighted by molar-refractivity contribution is -0.154. The van der Waals surface area contributed by atoms with E-state index in [0.717, 1.165) is 32.1 Å². The van der Waals surface area contributed by atoms with Crippen molar-refractivity contribution in [2.75, 3.05) is 33.0 Å². The highest BCUT2D eigenvalue weighted by molar-refractivity contribution is 7.47. The predicted octanol–water partition coefficient (Wildman–Crippen LogP) is 9.80. The fourth-order valence-corrected chi connectivity index (χ4v) is 5.88. The summed E-state index contributed by atoms with van der Waals surface area (Å²) in [5.74, 6) is -0.331. The fraction of sp³-hybridized carbons (Fsp3) is 0.971. The van der Waals surface area contributed by atoms with E-state index in [-0.39, 0.29) is 32.3 Å². The van der Waals surface area contributed by atoms with Crippen LogP contribution in [0.3, 0.4) is 0 Å². The molecule has 0 heterocycles. The van der Waals surface area contributed by atoms with Crippen molar-refractivity contribution in [2.24, 2.45) is 5.73 Å². The molecule has 0 aromatic carbocycles. The molecule has 0 aliphatic heterocycles. The van der Waals surface area contributed by atoms with Crippen molar-refractivity contribution in [3.63, 3.8) is 0 Å². The molecule has 3 N–H and O–H groups in total. The molecule has 2 atom stereocenters. The molecule has 0 aliphatic carbocycles. The average molecular weight is 636 g/mol. The third-order valence-corrected chi connectivity index (χ3v) is 8.76. The molecule has 0 saturated heterocycles. The van der Waals surface area contributed by atoms with E-state index in [1.54, 1.807) is 0 Å². The molecule has 9 heteroatoms. The van der Waals surface area contributed by atoms with Gasteiger partial charge in [0.1, 0.15) is 6.10 Å². The largest absolute Gasteiger partial charge is 0.472 e. The number of hydrogen-bond donors (Lipinski definition) is 2. The normalized spacial score (nSPS) is 13.7. The summed E-state index contributed by atoms with van der Waals surface area (Å²) in [4.78, 5) is 22.2. The van der Waals surface area contributed by atoms with E-state index >= 15 is 0 Å². The molecule has 8 nitrogen and oxygen atoms in total. The number of ether oxygens (including phenoxy) is 2. The Kier molecular flexibility index (Phi) is 32.5. The molecule has 0 bridgehead atoms. The Morgan fingerprint density at radius 3 is 1.47 bits per heavy atom. The van der Waals surface area contributed by atoms with Crippen molar-refractivity contribution in [3.8, 4) is 0 Å². The van der Waals surface area contributed by atoms with Gasteiger partial charge in [0, 0.05) is 19.6 Å². The van der Waals surface area contributed by atoms with Crippen LogP contribution in [0.5, 0.6) is 0 Å². The van der Waals surface area contributed by atoms with Gasteiger partial charge < -0.3 is 20.1 Å². The summed E-state index contributed by atoms with van der Waals surface area (Å²) >= 11 is 0. The zero-order valence-corrected chi connectivity index (χ0v) is 29.1. The first-order chi connectivity index (χ1) is 20.9. The van der Waals surface area contributed by atoms with E-state index in [1.165, 1.54) is 122 Å². The lowest BCUT2D eigenvalue weighted by Crippen LogP contribution is -2.28. The van der Waals surface area contributed by atoms with Crippen molar-refractivity contribution in [3.05, 3.63) is 0 Å². The average Bonchev–Trinajstić information content (AvgIpc) is 2.99. The molecular formula is C34H70NO7P. The summed E-state index contributed by atoms with van der Waals surface area (Å²) in [6.45, 7) is 4.93. The van der Waals surface area contributed by atoms with E-state index in [0.29, 0.717) is 13.0 Å². The molecule has 258 valence electrons. The molecule has 0 fully saturated rings. The van der Waals surface area contributed by atoms with Gasteiger partial charge in [-0.3, -0.25) is 13.8 Å². The lowest BCUT2D eigenvalue weighted by Gasteiger charge is -2.20. The molecule has 0 aliphatic rings. The molecule has 0 saturated carbocycles. The zero-order valence-electron chi connectivity index (χ0n) is 28.2. The Bertz CT molecular complexity index is 638. The van der Waals surface area contributed by atoms with Crippen LogP contribution >= 0.6 is 7.82 Å². The van der Waals surface area contributed by atoms with E-state index in [2.05, 4.69) is 13.8 Å². The van der Waals surface area contributed by atoms with Crippen molar-refractivity contribution < 1.29 is 32.8 Å². The molecule has 0 aromatic rings. The fourth-order valence-electron chi connectivity index (χ4n) is 5.11. The van der Waals surface area contributed by atoms with Gasteiger partial charge in [0.2, 0.25) is 0 Å². The SMILES string of the molecule is CCCCCCCCCCCCCCCCCOCC(COP(=O)(O)OCCN)OC(=O)CCCCCCCCCCC. The van der Waals surface area contributed by atoms with Gasteiger partial charge in [0.25, 0.3) is 0 Å². The number of carbonyl (C=O) groups is 1. The maximum absolute atomic E-state index is 12.4. The second-order valence-corrected chi connectivity index (χ2v) is 13.6. The monoisotopic (exact) mass is 635 g/mol. The molecular weight excluding hydrogens is 565 g/mol. The minimum absolute atomic E-state index is 0.0907. The second kappa shape index (κ2) is 32.9. The van der Waals surface area contributed by atoms with Gasteiger partial charge in [0.15, 0.2) is 0 Å². The number of nitrogens with two attached hydrogens (primary N) is 1. The Labute approximate surface area is 265 Å². The molecule has 0 aromatic heterocycles. The van der Waals surface area contributed by atoms with Crippen LogP contribution in [-0.2, 0) is 27.9 Å². The summed E-state index contributed by atoms with van der Waals surface area (Å²) in [5.41, 5.74) is 5.34.